The molecule has 2 rings (SSSR count). The summed E-state index contributed by atoms with van der Waals surface area (Å²) in [5.74, 6) is 2.65. The molecule has 1 atom stereocenters. The highest BCUT2D eigenvalue weighted by molar-refractivity contribution is 6.32. The Labute approximate surface area is 140 Å². The first kappa shape index (κ1) is 17.6. The van der Waals surface area contributed by atoms with Gasteiger partial charge in [-0.05, 0) is 73.1 Å². The fourth-order valence-electron chi connectivity index (χ4n) is 3.90. The molecule has 1 unspecified atom stereocenters. The molecule has 0 radical (unpaired) electrons. The molecule has 22 heavy (non-hydrogen) atoms. The van der Waals surface area contributed by atoms with Crippen LogP contribution in [0.4, 0.5) is 0 Å². The molecule has 1 aromatic carbocycles. The summed E-state index contributed by atoms with van der Waals surface area (Å²) in [6, 6.07) is 6.12. The SMILES string of the molecule is COc1ccc(C(CN)C2CCC(C(C)(C)C)CC2)cc1Cl. The van der Waals surface area contributed by atoms with Crippen LogP contribution in [0.15, 0.2) is 18.2 Å². The normalized spacial score (nSPS) is 24.1. The lowest BCUT2D eigenvalue weighted by atomic mass is 9.66. The summed E-state index contributed by atoms with van der Waals surface area (Å²) < 4.78 is 5.25. The van der Waals surface area contributed by atoms with E-state index < -0.39 is 0 Å². The maximum absolute atomic E-state index is 6.29. The van der Waals surface area contributed by atoms with Gasteiger partial charge in [-0.25, -0.2) is 0 Å². The summed E-state index contributed by atoms with van der Waals surface area (Å²) in [5, 5.41) is 0.682. The minimum atomic E-state index is 0.407. The Morgan fingerprint density at radius 1 is 1.23 bits per heavy atom. The van der Waals surface area contributed by atoms with Crippen molar-refractivity contribution in [2.45, 2.75) is 52.4 Å². The second kappa shape index (κ2) is 7.23. The zero-order chi connectivity index (χ0) is 16.3. The van der Waals surface area contributed by atoms with Crippen LogP contribution in [-0.4, -0.2) is 13.7 Å². The van der Waals surface area contributed by atoms with E-state index in [0.717, 1.165) is 11.7 Å². The Balaban J connectivity index is 2.08. The molecule has 0 spiro atoms. The zero-order valence-corrected chi connectivity index (χ0v) is 15.1. The first-order chi connectivity index (χ1) is 10.4. The molecule has 124 valence electrons. The third-order valence-electron chi connectivity index (χ3n) is 5.42. The molecule has 0 saturated heterocycles. The van der Waals surface area contributed by atoms with E-state index >= 15 is 0 Å². The summed E-state index contributed by atoms with van der Waals surface area (Å²) in [4.78, 5) is 0. The summed E-state index contributed by atoms with van der Waals surface area (Å²) in [6.45, 7) is 7.78. The van der Waals surface area contributed by atoms with Gasteiger partial charge in [0.25, 0.3) is 0 Å². The highest BCUT2D eigenvalue weighted by Gasteiger charge is 2.33. The van der Waals surface area contributed by atoms with Gasteiger partial charge in [-0.1, -0.05) is 38.4 Å². The molecule has 0 amide bonds. The molecule has 0 heterocycles. The Kier molecular flexibility index (Phi) is 5.79. The molecule has 0 aromatic heterocycles. The van der Waals surface area contributed by atoms with E-state index in [4.69, 9.17) is 22.1 Å². The lowest BCUT2D eigenvalue weighted by Crippen LogP contribution is -2.30. The highest BCUT2D eigenvalue weighted by Crippen LogP contribution is 2.44. The average molecular weight is 324 g/mol. The standard InChI is InChI=1S/C19H30ClNO/c1-19(2,3)15-8-5-13(6-9-15)16(12-21)14-7-10-18(22-4)17(20)11-14/h7,10-11,13,15-16H,5-6,8-9,12,21H2,1-4H3. The summed E-state index contributed by atoms with van der Waals surface area (Å²) in [6.07, 6.45) is 5.17. The molecule has 1 aliphatic carbocycles. The third kappa shape index (κ3) is 3.97. The number of hydrogen-bond donors (Lipinski definition) is 1. The van der Waals surface area contributed by atoms with Crippen LogP contribution in [0.5, 0.6) is 5.75 Å². The molecule has 1 aliphatic rings. The maximum Gasteiger partial charge on any atom is 0.137 e. The molecule has 0 aliphatic heterocycles. The van der Waals surface area contributed by atoms with Crippen molar-refractivity contribution in [1.29, 1.82) is 0 Å². The first-order valence-corrected chi connectivity index (χ1v) is 8.78. The molecule has 1 aromatic rings. The molecular weight excluding hydrogens is 294 g/mol. The number of rotatable bonds is 4. The molecule has 0 bridgehead atoms. The van der Waals surface area contributed by atoms with Crippen molar-refractivity contribution in [3.63, 3.8) is 0 Å². The zero-order valence-electron chi connectivity index (χ0n) is 14.4. The number of ether oxygens (including phenoxy) is 1. The quantitative estimate of drug-likeness (QED) is 0.822. The topological polar surface area (TPSA) is 35.2 Å². The molecular formula is C19H30ClNO. The van der Waals surface area contributed by atoms with E-state index in [-0.39, 0.29) is 0 Å². The summed E-state index contributed by atoms with van der Waals surface area (Å²) in [5.41, 5.74) is 7.78. The van der Waals surface area contributed by atoms with Crippen molar-refractivity contribution in [2.24, 2.45) is 23.0 Å². The van der Waals surface area contributed by atoms with Crippen molar-refractivity contribution in [2.75, 3.05) is 13.7 Å². The second-order valence-electron chi connectivity index (χ2n) is 7.71. The number of hydrogen-bond acceptors (Lipinski definition) is 2. The predicted molar refractivity (Wildman–Crippen MR) is 94.7 cm³/mol. The van der Waals surface area contributed by atoms with E-state index in [1.54, 1.807) is 7.11 Å². The second-order valence-corrected chi connectivity index (χ2v) is 8.12. The van der Waals surface area contributed by atoms with Gasteiger partial charge in [0.2, 0.25) is 0 Å². The van der Waals surface area contributed by atoms with Gasteiger partial charge in [-0.15, -0.1) is 0 Å². The monoisotopic (exact) mass is 323 g/mol. The highest BCUT2D eigenvalue weighted by atomic mass is 35.5. The van der Waals surface area contributed by atoms with Crippen molar-refractivity contribution in [1.82, 2.24) is 0 Å². The Morgan fingerprint density at radius 3 is 2.32 bits per heavy atom. The Hall–Kier alpha value is -0.730. The van der Waals surface area contributed by atoms with Gasteiger partial charge in [-0.2, -0.15) is 0 Å². The minimum absolute atomic E-state index is 0.407. The predicted octanol–water partition coefficient (Wildman–Crippen LogP) is 5.24. The van der Waals surface area contributed by atoms with Crippen LogP contribution in [0, 0.1) is 17.3 Å². The molecule has 3 heteroatoms. The van der Waals surface area contributed by atoms with Crippen LogP contribution < -0.4 is 10.5 Å². The van der Waals surface area contributed by atoms with Gasteiger partial charge in [0.05, 0.1) is 12.1 Å². The molecule has 1 fully saturated rings. The van der Waals surface area contributed by atoms with Gasteiger partial charge in [-0.3, -0.25) is 0 Å². The van der Waals surface area contributed by atoms with Gasteiger partial charge in [0.1, 0.15) is 5.75 Å². The van der Waals surface area contributed by atoms with Crippen LogP contribution >= 0.6 is 11.6 Å². The summed E-state index contributed by atoms with van der Waals surface area (Å²) in [7, 11) is 1.65. The van der Waals surface area contributed by atoms with Gasteiger partial charge in [0.15, 0.2) is 0 Å². The van der Waals surface area contributed by atoms with Crippen molar-refractivity contribution < 1.29 is 4.74 Å². The minimum Gasteiger partial charge on any atom is -0.495 e. The van der Waals surface area contributed by atoms with Gasteiger partial charge in [0, 0.05) is 0 Å². The number of methoxy groups -OCH3 is 1. The van der Waals surface area contributed by atoms with Gasteiger partial charge < -0.3 is 10.5 Å². The van der Waals surface area contributed by atoms with Crippen molar-refractivity contribution in [3.05, 3.63) is 28.8 Å². The van der Waals surface area contributed by atoms with Crippen LogP contribution in [0.1, 0.15) is 57.9 Å². The summed E-state index contributed by atoms with van der Waals surface area (Å²) >= 11 is 6.29. The van der Waals surface area contributed by atoms with Crippen LogP contribution in [0.2, 0.25) is 5.02 Å². The van der Waals surface area contributed by atoms with Crippen LogP contribution in [0.25, 0.3) is 0 Å². The first-order valence-electron chi connectivity index (χ1n) is 8.40. The lowest BCUT2D eigenvalue weighted by molar-refractivity contribution is 0.140. The van der Waals surface area contributed by atoms with Gasteiger partial charge >= 0.3 is 0 Å². The molecule has 2 N–H and O–H groups in total. The average Bonchev–Trinajstić information content (AvgIpc) is 2.48. The number of halogens is 1. The van der Waals surface area contributed by atoms with E-state index in [1.165, 1.54) is 31.2 Å². The molecule has 1 saturated carbocycles. The fourth-order valence-corrected chi connectivity index (χ4v) is 4.17. The number of nitrogens with two attached hydrogens (primary N) is 1. The maximum atomic E-state index is 6.29. The van der Waals surface area contributed by atoms with E-state index in [0.29, 0.717) is 28.8 Å². The smallest absolute Gasteiger partial charge is 0.137 e. The van der Waals surface area contributed by atoms with Crippen molar-refractivity contribution >= 4 is 11.6 Å². The molecule has 2 nitrogen and oxygen atoms in total. The van der Waals surface area contributed by atoms with Crippen LogP contribution in [0.3, 0.4) is 0 Å². The van der Waals surface area contributed by atoms with E-state index in [9.17, 15) is 0 Å². The lowest BCUT2D eigenvalue weighted by Gasteiger charge is -2.39. The van der Waals surface area contributed by atoms with Crippen LogP contribution in [-0.2, 0) is 0 Å². The number of benzene rings is 1. The Bertz CT molecular complexity index is 487. The largest absolute Gasteiger partial charge is 0.495 e. The van der Waals surface area contributed by atoms with Crippen molar-refractivity contribution in [3.8, 4) is 5.75 Å². The fraction of sp³-hybridized carbons (Fsp3) is 0.684. The Morgan fingerprint density at radius 2 is 1.86 bits per heavy atom. The van der Waals surface area contributed by atoms with E-state index in [1.807, 2.05) is 12.1 Å². The van der Waals surface area contributed by atoms with E-state index in [2.05, 4.69) is 26.8 Å². The third-order valence-corrected chi connectivity index (χ3v) is 5.72.